The Hall–Kier alpha value is -1.77. The Morgan fingerprint density at radius 3 is 2.47 bits per heavy atom. The van der Waals surface area contributed by atoms with E-state index in [0.717, 1.165) is 11.1 Å². The molecule has 2 rings (SSSR count). The monoisotopic (exact) mass is 204 g/mol. The van der Waals surface area contributed by atoms with Crippen LogP contribution in [0.15, 0.2) is 21.3 Å². The van der Waals surface area contributed by atoms with Crippen molar-refractivity contribution in [3.63, 3.8) is 0 Å². The molecule has 0 spiro atoms. The molecule has 0 fully saturated rings. The van der Waals surface area contributed by atoms with Crippen LogP contribution in [-0.2, 0) is 0 Å². The predicted octanol–water partition coefficient (Wildman–Crippen LogP) is 2.42. The molecule has 0 atom stereocenters. The maximum absolute atomic E-state index is 11.5. The highest BCUT2D eigenvalue weighted by molar-refractivity contribution is 5.89. The predicted molar refractivity (Wildman–Crippen MR) is 58.4 cm³/mol. The van der Waals surface area contributed by atoms with E-state index in [1.165, 1.54) is 0 Å². The van der Waals surface area contributed by atoms with Crippen LogP contribution in [0.1, 0.15) is 16.7 Å². The number of benzene rings is 1. The van der Waals surface area contributed by atoms with Crippen LogP contribution < -0.4 is 5.63 Å². The van der Waals surface area contributed by atoms with Crippen LogP contribution in [0.5, 0.6) is 5.75 Å². The second-order valence-electron chi connectivity index (χ2n) is 3.75. The van der Waals surface area contributed by atoms with E-state index in [4.69, 9.17) is 4.42 Å². The minimum absolute atomic E-state index is 0.153. The minimum Gasteiger partial charge on any atom is -0.507 e. The number of fused-ring (bicyclic) bond motifs is 1. The molecular weight excluding hydrogens is 192 g/mol. The van der Waals surface area contributed by atoms with Crippen molar-refractivity contribution in [2.75, 3.05) is 0 Å². The normalized spacial score (nSPS) is 10.9. The van der Waals surface area contributed by atoms with Crippen molar-refractivity contribution in [1.82, 2.24) is 0 Å². The van der Waals surface area contributed by atoms with Crippen LogP contribution in [-0.4, -0.2) is 5.11 Å². The molecule has 0 radical (unpaired) electrons. The van der Waals surface area contributed by atoms with Gasteiger partial charge in [0.2, 0.25) is 0 Å². The highest BCUT2D eigenvalue weighted by Crippen LogP contribution is 2.30. The molecule has 1 aromatic heterocycles. The van der Waals surface area contributed by atoms with Gasteiger partial charge in [-0.25, -0.2) is 4.79 Å². The summed E-state index contributed by atoms with van der Waals surface area (Å²) in [5, 5.41) is 10.4. The van der Waals surface area contributed by atoms with Crippen LogP contribution in [0.2, 0.25) is 0 Å². The van der Waals surface area contributed by atoms with Crippen LogP contribution in [0.4, 0.5) is 0 Å². The standard InChI is InChI=1S/C12H12O3/c1-6-4-5-9(13)10-7(2)8(3)12(14)15-11(6)10/h4-5,13H,1-3H3. The summed E-state index contributed by atoms with van der Waals surface area (Å²) in [4.78, 5) is 11.5. The number of phenolic OH excluding ortho intramolecular Hbond substituents is 1. The Morgan fingerprint density at radius 1 is 1.13 bits per heavy atom. The SMILES string of the molecule is Cc1c(C)c2c(O)ccc(C)c2oc1=O. The lowest BCUT2D eigenvalue weighted by molar-refractivity contribution is 0.478. The summed E-state index contributed by atoms with van der Waals surface area (Å²) in [6.45, 7) is 5.36. The van der Waals surface area contributed by atoms with Crippen molar-refractivity contribution in [2.45, 2.75) is 20.8 Å². The molecule has 0 amide bonds. The molecule has 0 bridgehead atoms. The number of aromatic hydroxyl groups is 1. The quantitative estimate of drug-likeness (QED) is 0.670. The molecule has 0 aliphatic heterocycles. The summed E-state index contributed by atoms with van der Waals surface area (Å²) in [6.07, 6.45) is 0. The fourth-order valence-corrected chi connectivity index (χ4v) is 1.68. The molecular formula is C12H12O3. The maximum atomic E-state index is 11.5. The fraction of sp³-hybridized carbons (Fsp3) is 0.250. The third-order valence-electron chi connectivity index (χ3n) is 2.77. The summed E-state index contributed by atoms with van der Waals surface area (Å²) >= 11 is 0. The molecule has 15 heavy (non-hydrogen) atoms. The van der Waals surface area contributed by atoms with Crippen molar-refractivity contribution in [2.24, 2.45) is 0 Å². The van der Waals surface area contributed by atoms with Crippen LogP contribution >= 0.6 is 0 Å². The van der Waals surface area contributed by atoms with Gasteiger partial charge in [0.05, 0.1) is 5.39 Å². The van der Waals surface area contributed by atoms with Crippen LogP contribution in [0.3, 0.4) is 0 Å². The van der Waals surface area contributed by atoms with E-state index in [0.29, 0.717) is 16.5 Å². The Labute approximate surface area is 87.0 Å². The molecule has 0 unspecified atom stereocenters. The van der Waals surface area contributed by atoms with Gasteiger partial charge in [0.15, 0.2) is 0 Å². The van der Waals surface area contributed by atoms with Crippen molar-refractivity contribution < 1.29 is 9.52 Å². The van der Waals surface area contributed by atoms with Crippen molar-refractivity contribution in [1.29, 1.82) is 0 Å². The maximum Gasteiger partial charge on any atom is 0.339 e. The number of hydrogen-bond acceptors (Lipinski definition) is 3. The van der Waals surface area contributed by atoms with Gasteiger partial charge in [0, 0.05) is 5.56 Å². The molecule has 3 heteroatoms. The number of phenols is 1. The highest BCUT2D eigenvalue weighted by atomic mass is 16.4. The van der Waals surface area contributed by atoms with E-state index in [2.05, 4.69) is 0 Å². The third-order valence-corrected chi connectivity index (χ3v) is 2.77. The van der Waals surface area contributed by atoms with Gasteiger partial charge in [0.25, 0.3) is 0 Å². The average Bonchev–Trinajstić information content (AvgIpc) is 2.20. The first kappa shape index (κ1) is 9.77. The molecule has 1 N–H and O–H groups in total. The van der Waals surface area contributed by atoms with Crippen LogP contribution in [0, 0.1) is 20.8 Å². The minimum atomic E-state index is -0.339. The van der Waals surface area contributed by atoms with E-state index < -0.39 is 0 Å². The lowest BCUT2D eigenvalue weighted by Gasteiger charge is -2.07. The lowest BCUT2D eigenvalue weighted by Crippen LogP contribution is -2.06. The lowest BCUT2D eigenvalue weighted by atomic mass is 10.0. The Balaban J connectivity index is 3.11. The Kier molecular flexibility index (Phi) is 2.03. The summed E-state index contributed by atoms with van der Waals surface area (Å²) in [7, 11) is 0. The molecule has 78 valence electrons. The molecule has 1 heterocycles. The fourth-order valence-electron chi connectivity index (χ4n) is 1.68. The highest BCUT2D eigenvalue weighted by Gasteiger charge is 2.12. The number of hydrogen-bond donors (Lipinski definition) is 1. The van der Waals surface area contributed by atoms with Gasteiger partial charge in [-0.3, -0.25) is 0 Å². The smallest absolute Gasteiger partial charge is 0.339 e. The summed E-state index contributed by atoms with van der Waals surface area (Å²) < 4.78 is 5.17. The van der Waals surface area contributed by atoms with Gasteiger partial charge in [-0.05, 0) is 38.0 Å². The Bertz CT molecular complexity index is 594. The van der Waals surface area contributed by atoms with Gasteiger partial charge in [-0.15, -0.1) is 0 Å². The van der Waals surface area contributed by atoms with Crippen LogP contribution in [0.25, 0.3) is 11.0 Å². The van der Waals surface area contributed by atoms with Gasteiger partial charge in [-0.1, -0.05) is 6.07 Å². The number of rotatable bonds is 0. The third kappa shape index (κ3) is 1.31. The van der Waals surface area contributed by atoms with Gasteiger partial charge < -0.3 is 9.52 Å². The zero-order chi connectivity index (χ0) is 11.2. The van der Waals surface area contributed by atoms with E-state index in [-0.39, 0.29) is 11.4 Å². The summed E-state index contributed by atoms with van der Waals surface area (Å²) in [6, 6.07) is 3.35. The first-order chi connectivity index (χ1) is 7.02. The largest absolute Gasteiger partial charge is 0.507 e. The zero-order valence-corrected chi connectivity index (χ0v) is 8.92. The molecule has 0 saturated heterocycles. The van der Waals surface area contributed by atoms with Crippen molar-refractivity contribution >= 4 is 11.0 Å². The zero-order valence-electron chi connectivity index (χ0n) is 8.92. The van der Waals surface area contributed by atoms with Crippen molar-refractivity contribution in [3.05, 3.63) is 39.2 Å². The summed E-state index contributed by atoms with van der Waals surface area (Å²) in [5.74, 6) is 0.153. The first-order valence-corrected chi connectivity index (χ1v) is 4.75. The van der Waals surface area contributed by atoms with E-state index >= 15 is 0 Å². The van der Waals surface area contributed by atoms with E-state index in [1.807, 2.05) is 13.8 Å². The number of aryl methyl sites for hydroxylation is 2. The van der Waals surface area contributed by atoms with Gasteiger partial charge in [-0.2, -0.15) is 0 Å². The average molecular weight is 204 g/mol. The second kappa shape index (κ2) is 3.12. The molecule has 0 saturated carbocycles. The van der Waals surface area contributed by atoms with E-state index in [1.54, 1.807) is 19.1 Å². The topological polar surface area (TPSA) is 50.4 Å². The van der Waals surface area contributed by atoms with Gasteiger partial charge >= 0.3 is 5.63 Å². The Morgan fingerprint density at radius 2 is 1.80 bits per heavy atom. The molecule has 0 aliphatic carbocycles. The van der Waals surface area contributed by atoms with Crippen molar-refractivity contribution in [3.8, 4) is 5.75 Å². The summed E-state index contributed by atoms with van der Waals surface area (Å²) in [5.41, 5.74) is 2.31. The van der Waals surface area contributed by atoms with Gasteiger partial charge in [0.1, 0.15) is 11.3 Å². The molecule has 1 aromatic carbocycles. The molecule has 0 aliphatic rings. The first-order valence-electron chi connectivity index (χ1n) is 4.75. The van der Waals surface area contributed by atoms with E-state index in [9.17, 15) is 9.90 Å². The molecule has 2 aromatic rings. The second-order valence-corrected chi connectivity index (χ2v) is 3.75. The molecule has 3 nitrogen and oxygen atoms in total.